The maximum Gasteiger partial charge on any atom is 0.137 e. The summed E-state index contributed by atoms with van der Waals surface area (Å²) in [6, 6.07) is 0.832. The number of aromatic nitrogens is 3. The van der Waals surface area contributed by atoms with E-state index in [-0.39, 0.29) is 0 Å². The first-order chi connectivity index (χ1) is 9.88. The maximum atomic E-state index is 4.40. The highest BCUT2D eigenvalue weighted by Crippen LogP contribution is 2.30. The molecule has 0 unspecified atom stereocenters. The van der Waals surface area contributed by atoms with Gasteiger partial charge in [-0.15, -0.1) is 10.2 Å². The van der Waals surface area contributed by atoms with Crippen molar-refractivity contribution >= 4 is 0 Å². The zero-order valence-electron chi connectivity index (χ0n) is 12.8. The van der Waals surface area contributed by atoms with Crippen LogP contribution in [-0.2, 0) is 6.54 Å². The standard InChI is InChI=1S/C16H28N4/c1-2-19-13-17-18-16(19)14-8-7-11-20(12-14)15-9-5-3-4-6-10-15/h13-15H,2-12H2,1H3/t14-/m0/s1. The predicted octanol–water partition coefficient (Wildman–Crippen LogP) is 3.20. The van der Waals surface area contributed by atoms with Gasteiger partial charge in [0.2, 0.25) is 0 Å². The maximum absolute atomic E-state index is 4.40. The van der Waals surface area contributed by atoms with Crippen molar-refractivity contribution in [1.29, 1.82) is 0 Å². The van der Waals surface area contributed by atoms with E-state index in [4.69, 9.17) is 0 Å². The first kappa shape index (κ1) is 14.1. The highest BCUT2D eigenvalue weighted by atomic mass is 15.3. The molecule has 0 amide bonds. The molecular weight excluding hydrogens is 248 g/mol. The third-order valence-corrected chi connectivity index (χ3v) is 5.15. The minimum absolute atomic E-state index is 0.592. The first-order valence-corrected chi connectivity index (χ1v) is 8.50. The van der Waals surface area contributed by atoms with Gasteiger partial charge in [-0.3, -0.25) is 4.90 Å². The summed E-state index contributed by atoms with van der Waals surface area (Å²) in [5.74, 6) is 1.81. The van der Waals surface area contributed by atoms with Crippen LogP contribution in [0, 0.1) is 0 Å². The molecule has 112 valence electrons. The van der Waals surface area contributed by atoms with Crippen molar-refractivity contribution in [2.45, 2.75) is 76.8 Å². The van der Waals surface area contributed by atoms with E-state index in [0.717, 1.165) is 12.6 Å². The molecule has 20 heavy (non-hydrogen) atoms. The molecule has 1 aliphatic heterocycles. The molecule has 1 aromatic heterocycles. The van der Waals surface area contributed by atoms with Crippen LogP contribution < -0.4 is 0 Å². The van der Waals surface area contributed by atoms with Crippen LogP contribution in [0.5, 0.6) is 0 Å². The first-order valence-electron chi connectivity index (χ1n) is 8.50. The predicted molar refractivity (Wildman–Crippen MR) is 80.7 cm³/mol. The fraction of sp³-hybridized carbons (Fsp3) is 0.875. The molecule has 4 heteroatoms. The van der Waals surface area contributed by atoms with Gasteiger partial charge in [-0.25, -0.2) is 0 Å². The average molecular weight is 276 g/mol. The summed E-state index contributed by atoms with van der Waals surface area (Å²) in [6.45, 7) is 5.66. The Bertz CT molecular complexity index is 406. The lowest BCUT2D eigenvalue weighted by Gasteiger charge is -2.37. The normalized spacial score (nSPS) is 26.6. The van der Waals surface area contributed by atoms with Crippen molar-refractivity contribution in [2.24, 2.45) is 0 Å². The van der Waals surface area contributed by atoms with Crippen molar-refractivity contribution in [3.05, 3.63) is 12.2 Å². The van der Waals surface area contributed by atoms with Gasteiger partial charge in [0.15, 0.2) is 0 Å². The molecular formula is C16H28N4. The number of likely N-dealkylation sites (tertiary alicyclic amines) is 1. The zero-order chi connectivity index (χ0) is 13.8. The molecule has 1 aliphatic carbocycles. The summed E-state index contributed by atoms with van der Waals surface area (Å²) in [4.78, 5) is 2.76. The summed E-state index contributed by atoms with van der Waals surface area (Å²) in [7, 11) is 0. The van der Waals surface area contributed by atoms with Crippen LogP contribution in [0.25, 0.3) is 0 Å². The quantitative estimate of drug-likeness (QED) is 0.795. The lowest BCUT2D eigenvalue weighted by atomic mass is 9.94. The van der Waals surface area contributed by atoms with Gasteiger partial charge in [0, 0.05) is 25.0 Å². The van der Waals surface area contributed by atoms with Crippen molar-refractivity contribution in [1.82, 2.24) is 19.7 Å². The second kappa shape index (κ2) is 6.70. The van der Waals surface area contributed by atoms with E-state index >= 15 is 0 Å². The number of hydrogen-bond donors (Lipinski definition) is 0. The lowest BCUT2D eigenvalue weighted by Crippen LogP contribution is -2.42. The molecule has 4 nitrogen and oxygen atoms in total. The van der Waals surface area contributed by atoms with Crippen LogP contribution in [0.4, 0.5) is 0 Å². The molecule has 1 atom stereocenters. The van der Waals surface area contributed by atoms with Crippen LogP contribution in [0.2, 0.25) is 0 Å². The monoisotopic (exact) mass is 276 g/mol. The summed E-state index contributed by atoms with van der Waals surface area (Å²) < 4.78 is 2.22. The summed E-state index contributed by atoms with van der Waals surface area (Å²) >= 11 is 0. The van der Waals surface area contributed by atoms with Crippen molar-refractivity contribution in [3.8, 4) is 0 Å². The lowest BCUT2D eigenvalue weighted by molar-refractivity contribution is 0.132. The van der Waals surface area contributed by atoms with Gasteiger partial charge in [0.1, 0.15) is 12.2 Å². The number of rotatable bonds is 3. The molecule has 0 aromatic carbocycles. The summed E-state index contributed by atoms with van der Waals surface area (Å²) in [5.41, 5.74) is 0. The Balaban J connectivity index is 1.66. The average Bonchev–Trinajstić information content (AvgIpc) is 2.81. The van der Waals surface area contributed by atoms with E-state index in [1.54, 1.807) is 0 Å². The van der Waals surface area contributed by atoms with Crippen molar-refractivity contribution in [2.75, 3.05) is 13.1 Å². The highest BCUT2D eigenvalue weighted by molar-refractivity contribution is 5.00. The van der Waals surface area contributed by atoms with Gasteiger partial charge in [-0.2, -0.15) is 0 Å². The van der Waals surface area contributed by atoms with Crippen LogP contribution in [0.3, 0.4) is 0 Å². The van der Waals surface area contributed by atoms with E-state index in [1.165, 1.54) is 70.3 Å². The largest absolute Gasteiger partial charge is 0.318 e. The van der Waals surface area contributed by atoms with Gasteiger partial charge >= 0.3 is 0 Å². The number of hydrogen-bond acceptors (Lipinski definition) is 3. The molecule has 0 N–H and O–H groups in total. The number of aryl methyl sites for hydroxylation is 1. The van der Waals surface area contributed by atoms with E-state index in [1.807, 2.05) is 6.33 Å². The zero-order valence-corrected chi connectivity index (χ0v) is 12.8. The Labute approximate surface area is 122 Å². The molecule has 3 rings (SSSR count). The van der Waals surface area contributed by atoms with Gasteiger partial charge in [0.25, 0.3) is 0 Å². The van der Waals surface area contributed by atoms with Gasteiger partial charge < -0.3 is 4.57 Å². The fourth-order valence-corrected chi connectivity index (χ4v) is 4.00. The number of piperidine rings is 1. The molecule has 0 spiro atoms. The molecule has 0 bridgehead atoms. The smallest absolute Gasteiger partial charge is 0.137 e. The van der Waals surface area contributed by atoms with E-state index in [2.05, 4.69) is 26.6 Å². The third kappa shape index (κ3) is 3.05. The van der Waals surface area contributed by atoms with Crippen LogP contribution in [0.1, 0.15) is 70.0 Å². The summed E-state index contributed by atoms with van der Waals surface area (Å²) in [6.07, 6.45) is 13.0. The van der Waals surface area contributed by atoms with Gasteiger partial charge in [-0.1, -0.05) is 25.7 Å². The third-order valence-electron chi connectivity index (χ3n) is 5.15. The second-order valence-corrected chi connectivity index (χ2v) is 6.45. The second-order valence-electron chi connectivity index (χ2n) is 6.45. The van der Waals surface area contributed by atoms with Gasteiger partial charge in [-0.05, 0) is 39.2 Å². The van der Waals surface area contributed by atoms with Gasteiger partial charge in [0.05, 0.1) is 0 Å². The Kier molecular flexibility index (Phi) is 4.71. The van der Waals surface area contributed by atoms with Crippen LogP contribution >= 0.6 is 0 Å². The van der Waals surface area contributed by atoms with Crippen LogP contribution in [0.15, 0.2) is 6.33 Å². The van der Waals surface area contributed by atoms with E-state index in [0.29, 0.717) is 5.92 Å². The molecule has 2 fully saturated rings. The Morgan fingerprint density at radius 1 is 1.10 bits per heavy atom. The van der Waals surface area contributed by atoms with E-state index < -0.39 is 0 Å². The molecule has 1 saturated carbocycles. The molecule has 1 aromatic rings. The highest BCUT2D eigenvalue weighted by Gasteiger charge is 2.29. The molecule has 1 saturated heterocycles. The summed E-state index contributed by atoms with van der Waals surface area (Å²) in [5, 5.41) is 8.51. The van der Waals surface area contributed by atoms with E-state index in [9.17, 15) is 0 Å². The topological polar surface area (TPSA) is 34.0 Å². The number of nitrogens with zero attached hydrogens (tertiary/aromatic N) is 4. The fourth-order valence-electron chi connectivity index (χ4n) is 4.00. The van der Waals surface area contributed by atoms with Crippen molar-refractivity contribution < 1.29 is 0 Å². The molecule has 2 aliphatic rings. The van der Waals surface area contributed by atoms with Crippen molar-refractivity contribution in [3.63, 3.8) is 0 Å². The molecule has 0 radical (unpaired) electrons. The Hall–Kier alpha value is -0.900. The van der Waals surface area contributed by atoms with Crippen LogP contribution in [-0.4, -0.2) is 38.8 Å². The molecule has 2 heterocycles. The SMILES string of the molecule is CCn1cnnc1[C@H]1CCCN(C2CCCCCC2)C1. The Morgan fingerprint density at radius 3 is 2.65 bits per heavy atom. The minimum Gasteiger partial charge on any atom is -0.318 e. The minimum atomic E-state index is 0.592. The Morgan fingerprint density at radius 2 is 1.90 bits per heavy atom.